The van der Waals surface area contributed by atoms with Crippen LogP contribution in [0.3, 0.4) is 0 Å². The Morgan fingerprint density at radius 1 is 1.03 bits per heavy atom. The van der Waals surface area contributed by atoms with Gasteiger partial charge in [0.15, 0.2) is 0 Å². The minimum absolute atomic E-state index is 0.103. The van der Waals surface area contributed by atoms with E-state index in [-0.39, 0.29) is 11.8 Å². The van der Waals surface area contributed by atoms with E-state index in [1.54, 1.807) is 36.4 Å². The molecule has 0 saturated heterocycles. The van der Waals surface area contributed by atoms with Gasteiger partial charge >= 0.3 is 0 Å². The van der Waals surface area contributed by atoms with Crippen LogP contribution in [0.5, 0.6) is 11.5 Å². The van der Waals surface area contributed by atoms with E-state index in [1.807, 2.05) is 48.5 Å². The predicted molar refractivity (Wildman–Crippen MR) is 149 cm³/mol. The van der Waals surface area contributed by atoms with Crippen molar-refractivity contribution in [2.75, 3.05) is 12.4 Å². The summed E-state index contributed by atoms with van der Waals surface area (Å²) in [7, 11) is 1.66. The first kappa shape index (κ1) is 24.3. The number of anilines is 1. The van der Waals surface area contributed by atoms with E-state index in [0.29, 0.717) is 29.8 Å². The van der Waals surface area contributed by atoms with Gasteiger partial charge in [-0.2, -0.15) is 10.4 Å². The maximum absolute atomic E-state index is 13.5. The van der Waals surface area contributed by atoms with Crippen LogP contribution in [0.1, 0.15) is 45.1 Å². The summed E-state index contributed by atoms with van der Waals surface area (Å²) in [5.74, 6) is 1.33. The second kappa shape index (κ2) is 10.3. The number of benzene rings is 4. The Labute approximate surface area is 226 Å². The summed E-state index contributed by atoms with van der Waals surface area (Å²) in [4.78, 5) is 13.5. The lowest BCUT2D eigenvalue weighted by atomic mass is 9.95. The van der Waals surface area contributed by atoms with Gasteiger partial charge in [0, 0.05) is 29.8 Å². The summed E-state index contributed by atoms with van der Waals surface area (Å²) in [5, 5.41) is 19.2. The van der Waals surface area contributed by atoms with E-state index in [1.165, 1.54) is 0 Å². The molecule has 0 bridgehead atoms. The SMILES string of the molecule is COc1ccc(NCc2ccc(C3=NN4C(C(=O)c5ccc(C#N)cc5)Oc5ccccc5C4C3)cc2)cc1. The van der Waals surface area contributed by atoms with Gasteiger partial charge in [-0.15, -0.1) is 0 Å². The summed E-state index contributed by atoms with van der Waals surface area (Å²) >= 11 is 0. The number of hydrogen-bond donors (Lipinski definition) is 1. The van der Waals surface area contributed by atoms with Gasteiger partial charge in [0.2, 0.25) is 5.78 Å². The highest BCUT2D eigenvalue weighted by Crippen LogP contribution is 2.43. The zero-order valence-electron chi connectivity index (χ0n) is 21.4. The van der Waals surface area contributed by atoms with Crippen LogP contribution in [0.2, 0.25) is 0 Å². The summed E-state index contributed by atoms with van der Waals surface area (Å²) < 4.78 is 11.4. The van der Waals surface area contributed by atoms with Crippen molar-refractivity contribution in [1.82, 2.24) is 5.01 Å². The second-order valence-electron chi connectivity index (χ2n) is 9.49. The lowest BCUT2D eigenvalue weighted by molar-refractivity contribution is -0.00455. The third kappa shape index (κ3) is 4.80. The molecule has 2 aliphatic rings. The van der Waals surface area contributed by atoms with Crippen molar-refractivity contribution in [3.05, 3.63) is 125 Å². The average Bonchev–Trinajstić information content (AvgIpc) is 3.46. The van der Waals surface area contributed by atoms with Gasteiger partial charge in [-0.1, -0.05) is 42.5 Å². The molecule has 2 aliphatic heterocycles. The zero-order chi connectivity index (χ0) is 26.8. The molecule has 192 valence electrons. The number of hydrogen-bond acceptors (Lipinski definition) is 7. The Hall–Kier alpha value is -5.09. The van der Waals surface area contributed by atoms with Gasteiger partial charge in [0.05, 0.1) is 30.5 Å². The molecule has 7 heteroatoms. The Kier molecular flexibility index (Phi) is 6.44. The minimum atomic E-state index is -0.886. The topological polar surface area (TPSA) is 87.0 Å². The number of fused-ring (bicyclic) bond motifs is 3. The first-order valence-electron chi connectivity index (χ1n) is 12.8. The van der Waals surface area contributed by atoms with Crippen molar-refractivity contribution < 1.29 is 14.3 Å². The van der Waals surface area contributed by atoms with Crippen LogP contribution >= 0.6 is 0 Å². The van der Waals surface area contributed by atoms with Gasteiger partial charge in [0.25, 0.3) is 6.23 Å². The van der Waals surface area contributed by atoms with Gasteiger partial charge in [-0.05, 0) is 65.7 Å². The minimum Gasteiger partial charge on any atom is -0.497 e. The number of nitrogens with zero attached hydrogens (tertiary/aromatic N) is 3. The molecule has 0 saturated carbocycles. The molecule has 6 rings (SSSR count). The molecule has 39 heavy (non-hydrogen) atoms. The van der Waals surface area contributed by atoms with E-state index in [0.717, 1.165) is 33.8 Å². The smallest absolute Gasteiger partial charge is 0.251 e. The van der Waals surface area contributed by atoms with Crippen LogP contribution in [0.4, 0.5) is 5.69 Å². The summed E-state index contributed by atoms with van der Waals surface area (Å²) in [6.07, 6.45) is -0.218. The highest BCUT2D eigenvalue weighted by atomic mass is 16.5. The van der Waals surface area contributed by atoms with Gasteiger partial charge in [0.1, 0.15) is 11.5 Å². The molecule has 0 amide bonds. The van der Waals surface area contributed by atoms with Crippen molar-refractivity contribution in [3.63, 3.8) is 0 Å². The second-order valence-corrected chi connectivity index (χ2v) is 9.49. The molecule has 0 aliphatic carbocycles. The quantitative estimate of drug-likeness (QED) is 0.308. The molecule has 4 aromatic rings. The molecular formula is C32H26N4O3. The molecule has 0 spiro atoms. The summed E-state index contributed by atoms with van der Waals surface area (Å²) in [5.41, 5.74) is 6.09. The van der Waals surface area contributed by atoms with Crippen molar-refractivity contribution in [2.45, 2.75) is 25.2 Å². The number of ether oxygens (including phenoxy) is 2. The fourth-order valence-corrected chi connectivity index (χ4v) is 4.96. The molecule has 7 nitrogen and oxygen atoms in total. The third-order valence-electron chi connectivity index (χ3n) is 7.10. The number of Topliss-reactive ketones (excluding diaryl/α,β-unsaturated/α-hetero) is 1. The normalized spacial score (nSPS) is 17.2. The lowest BCUT2D eigenvalue weighted by Gasteiger charge is -2.37. The summed E-state index contributed by atoms with van der Waals surface area (Å²) in [6, 6.07) is 32.6. The van der Waals surface area contributed by atoms with Crippen LogP contribution in [0.25, 0.3) is 0 Å². The number of nitrogens with one attached hydrogen (secondary N) is 1. The Bertz CT molecular complexity index is 1570. The number of carbonyl (C=O) groups excluding carboxylic acids is 1. The highest BCUT2D eigenvalue weighted by molar-refractivity contribution is 6.03. The number of methoxy groups -OCH3 is 1. The van der Waals surface area contributed by atoms with Crippen molar-refractivity contribution in [1.29, 1.82) is 5.26 Å². The molecule has 0 aromatic heterocycles. The Morgan fingerprint density at radius 2 is 1.77 bits per heavy atom. The van der Waals surface area contributed by atoms with E-state index in [9.17, 15) is 4.79 Å². The third-order valence-corrected chi connectivity index (χ3v) is 7.10. The average molecular weight is 515 g/mol. The Balaban J connectivity index is 1.22. The molecule has 1 N–H and O–H groups in total. The van der Waals surface area contributed by atoms with E-state index >= 15 is 0 Å². The van der Waals surface area contributed by atoms with Crippen LogP contribution in [0, 0.1) is 11.3 Å². The molecule has 0 fully saturated rings. The standard InChI is InChI=1S/C32H26N4O3/c1-38-26-16-14-25(15-17-26)34-20-22-8-10-23(11-9-22)28-18-29-27-4-2-3-5-30(27)39-32(36(29)35-28)31(37)24-12-6-21(19-33)7-13-24/h2-17,29,32,34H,18,20H2,1H3. The van der Waals surface area contributed by atoms with Crippen LogP contribution in [-0.2, 0) is 6.54 Å². The van der Waals surface area contributed by atoms with Crippen LogP contribution in [-0.4, -0.2) is 29.8 Å². The van der Waals surface area contributed by atoms with Gasteiger partial charge in [-0.3, -0.25) is 4.79 Å². The van der Waals surface area contributed by atoms with E-state index in [4.69, 9.17) is 19.8 Å². The molecular weight excluding hydrogens is 488 g/mol. The first-order chi connectivity index (χ1) is 19.1. The monoisotopic (exact) mass is 514 g/mol. The molecule has 2 unspecified atom stereocenters. The maximum Gasteiger partial charge on any atom is 0.251 e. The number of carbonyl (C=O) groups is 1. The number of para-hydroxylation sites is 1. The predicted octanol–water partition coefficient (Wildman–Crippen LogP) is 5.93. The number of ketones is 1. The van der Waals surface area contributed by atoms with Crippen LogP contribution in [0.15, 0.2) is 102 Å². The number of hydrazone groups is 1. The highest BCUT2D eigenvalue weighted by Gasteiger charge is 2.43. The van der Waals surface area contributed by atoms with Crippen molar-refractivity contribution >= 4 is 17.2 Å². The van der Waals surface area contributed by atoms with Crippen molar-refractivity contribution in [2.24, 2.45) is 5.10 Å². The molecule has 0 radical (unpaired) electrons. The maximum atomic E-state index is 13.5. The molecule has 4 aromatic carbocycles. The largest absolute Gasteiger partial charge is 0.497 e. The zero-order valence-corrected chi connectivity index (χ0v) is 21.4. The first-order valence-corrected chi connectivity index (χ1v) is 12.8. The van der Waals surface area contributed by atoms with Gasteiger partial charge in [-0.25, -0.2) is 5.01 Å². The summed E-state index contributed by atoms with van der Waals surface area (Å²) in [6.45, 7) is 0.691. The van der Waals surface area contributed by atoms with E-state index < -0.39 is 6.23 Å². The van der Waals surface area contributed by atoms with Crippen LogP contribution < -0.4 is 14.8 Å². The van der Waals surface area contributed by atoms with E-state index in [2.05, 4.69) is 35.7 Å². The fourth-order valence-electron chi connectivity index (χ4n) is 4.96. The number of nitriles is 1. The number of rotatable bonds is 7. The lowest BCUT2D eigenvalue weighted by Crippen LogP contribution is -2.45. The molecule has 2 atom stereocenters. The fraction of sp³-hybridized carbons (Fsp3) is 0.156. The Morgan fingerprint density at radius 3 is 2.49 bits per heavy atom. The molecule has 2 heterocycles. The van der Waals surface area contributed by atoms with Crippen molar-refractivity contribution in [3.8, 4) is 17.6 Å². The van der Waals surface area contributed by atoms with Gasteiger partial charge < -0.3 is 14.8 Å².